The summed E-state index contributed by atoms with van der Waals surface area (Å²) in [4.78, 5) is 10.1. The lowest BCUT2D eigenvalue weighted by Gasteiger charge is -2.28. The first-order valence-electron chi connectivity index (χ1n) is 4.06. The smallest absolute Gasteiger partial charge is 0.221 e. The van der Waals surface area contributed by atoms with Crippen molar-refractivity contribution in [1.29, 1.82) is 0 Å². The maximum Gasteiger partial charge on any atom is 0.221 e. The molecule has 3 heteroatoms. The molecule has 0 rings (SSSR count). The van der Waals surface area contributed by atoms with Crippen LogP contribution in [0.3, 0.4) is 0 Å². The molecule has 0 aliphatic rings. The molecule has 0 radical (unpaired) electrons. The molecule has 0 fully saturated rings. The summed E-state index contributed by atoms with van der Waals surface area (Å²) in [6.07, 6.45) is 1.76. The maximum absolute atomic E-state index is 10.1. The van der Waals surface area contributed by atoms with Gasteiger partial charge in [0.25, 0.3) is 0 Å². The minimum Gasteiger partial charge on any atom is -0.292 e. The number of nitrogens with zero attached hydrogens (tertiary/aromatic N) is 1. The minimum absolute atomic E-state index is 0.431. The third-order valence-corrected chi connectivity index (χ3v) is 1.94. The van der Waals surface area contributed by atoms with Crippen LogP contribution in [0.25, 0.3) is 0 Å². The molecular weight excluding hydrogens is 140 g/mol. The first-order valence-corrected chi connectivity index (χ1v) is 4.06. The Hall–Kier alpha value is -0.570. The van der Waals surface area contributed by atoms with Crippen molar-refractivity contribution in [2.75, 3.05) is 7.05 Å². The van der Waals surface area contributed by atoms with Crippen LogP contribution in [-0.4, -0.2) is 24.5 Å². The second-order valence-electron chi connectivity index (χ2n) is 3.08. The fraction of sp³-hybridized carbons (Fsp3) is 0.875. The van der Waals surface area contributed by atoms with Crippen molar-refractivity contribution in [1.82, 2.24) is 10.4 Å². The zero-order valence-electron chi connectivity index (χ0n) is 7.79. The summed E-state index contributed by atoms with van der Waals surface area (Å²) in [6, 6.07) is 0.431. The Kier molecular flexibility index (Phi) is 4.86. The summed E-state index contributed by atoms with van der Waals surface area (Å²) in [5, 5.41) is 1.86. The Balaban J connectivity index is 3.90. The van der Waals surface area contributed by atoms with Gasteiger partial charge >= 0.3 is 0 Å². The first-order chi connectivity index (χ1) is 5.13. The van der Waals surface area contributed by atoms with E-state index in [1.165, 1.54) is 0 Å². The van der Waals surface area contributed by atoms with E-state index in [9.17, 15) is 4.79 Å². The third kappa shape index (κ3) is 3.37. The fourth-order valence-corrected chi connectivity index (χ4v) is 1.37. The zero-order chi connectivity index (χ0) is 8.85. The largest absolute Gasteiger partial charge is 0.292 e. The van der Waals surface area contributed by atoms with Gasteiger partial charge in [-0.15, -0.1) is 0 Å². The Labute approximate surface area is 68.7 Å². The second-order valence-corrected chi connectivity index (χ2v) is 3.08. The molecule has 1 N–H and O–H groups in total. The van der Waals surface area contributed by atoms with Crippen LogP contribution >= 0.6 is 0 Å². The second kappa shape index (κ2) is 5.13. The molecule has 0 saturated heterocycles. The summed E-state index contributed by atoms with van der Waals surface area (Å²) >= 11 is 0. The van der Waals surface area contributed by atoms with Crippen LogP contribution in [-0.2, 0) is 4.79 Å². The molecule has 0 bridgehead atoms. The molecule has 0 saturated carbocycles. The average molecular weight is 158 g/mol. The highest BCUT2D eigenvalue weighted by atomic mass is 16.1. The highest BCUT2D eigenvalue weighted by molar-refractivity contribution is 5.44. The van der Waals surface area contributed by atoms with Crippen LogP contribution in [0.1, 0.15) is 27.2 Å². The number of hydrogen-bond donors (Lipinski definition) is 1. The summed E-state index contributed by atoms with van der Waals surface area (Å²) in [5.41, 5.74) is 2.63. The van der Waals surface area contributed by atoms with Crippen molar-refractivity contribution in [3.05, 3.63) is 0 Å². The Morgan fingerprint density at radius 3 is 2.36 bits per heavy atom. The van der Waals surface area contributed by atoms with Gasteiger partial charge in [-0.25, -0.2) is 5.01 Å². The van der Waals surface area contributed by atoms with E-state index in [2.05, 4.69) is 26.2 Å². The summed E-state index contributed by atoms with van der Waals surface area (Å²) in [7, 11) is 1.89. The number of hydrogen-bond acceptors (Lipinski definition) is 2. The van der Waals surface area contributed by atoms with Crippen LogP contribution in [0.2, 0.25) is 0 Å². The van der Waals surface area contributed by atoms with Crippen LogP contribution < -0.4 is 5.43 Å². The Bertz CT molecular complexity index is 115. The van der Waals surface area contributed by atoms with Gasteiger partial charge in [-0.1, -0.05) is 20.8 Å². The van der Waals surface area contributed by atoms with Crippen molar-refractivity contribution in [2.24, 2.45) is 5.92 Å². The molecule has 0 aliphatic carbocycles. The van der Waals surface area contributed by atoms with Crippen molar-refractivity contribution in [3.8, 4) is 0 Å². The van der Waals surface area contributed by atoms with Gasteiger partial charge in [0, 0.05) is 13.1 Å². The van der Waals surface area contributed by atoms with Gasteiger partial charge in [-0.05, 0) is 12.3 Å². The summed E-state index contributed by atoms with van der Waals surface area (Å²) < 4.78 is 0. The molecule has 66 valence electrons. The van der Waals surface area contributed by atoms with Crippen LogP contribution in [0.15, 0.2) is 0 Å². The molecular formula is C8H18N2O. The van der Waals surface area contributed by atoms with E-state index in [-0.39, 0.29) is 0 Å². The molecule has 0 aromatic heterocycles. The molecule has 0 spiro atoms. The van der Waals surface area contributed by atoms with Gasteiger partial charge in [0.2, 0.25) is 6.41 Å². The monoisotopic (exact) mass is 158 g/mol. The number of carbonyl (C=O) groups excluding carboxylic acids is 1. The lowest BCUT2D eigenvalue weighted by atomic mass is 10.0. The van der Waals surface area contributed by atoms with E-state index in [0.29, 0.717) is 18.4 Å². The fourth-order valence-electron chi connectivity index (χ4n) is 1.37. The van der Waals surface area contributed by atoms with Crippen LogP contribution in [0.5, 0.6) is 0 Å². The number of hydrazine groups is 1. The lowest BCUT2D eigenvalue weighted by Crippen LogP contribution is -2.44. The molecule has 1 amide bonds. The van der Waals surface area contributed by atoms with E-state index in [0.717, 1.165) is 6.42 Å². The average Bonchev–Trinajstić information content (AvgIpc) is 1.88. The van der Waals surface area contributed by atoms with Gasteiger partial charge in [-0.3, -0.25) is 10.2 Å². The predicted octanol–water partition coefficient (Wildman–Crippen LogP) is 1.01. The number of nitrogens with one attached hydrogen (secondary N) is 1. The SMILES string of the molecule is CC[C@@H](C(C)C)N(C)NC=O. The van der Waals surface area contributed by atoms with E-state index in [4.69, 9.17) is 0 Å². The molecule has 0 heterocycles. The highest BCUT2D eigenvalue weighted by Gasteiger charge is 2.15. The standard InChI is InChI=1S/C8H18N2O/c1-5-8(7(2)3)10(4)9-6-11/h6-8H,5H2,1-4H3,(H,9,11)/t8-/m0/s1. The quantitative estimate of drug-likeness (QED) is 0.478. The minimum atomic E-state index is 0.431. The van der Waals surface area contributed by atoms with Gasteiger partial charge in [0.1, 0.15) is 0 Å². The molecule has 0 aromatic rings. The number of amides is 1. The zero-order valence-corrected chi connectivity index (χ0v) is 7.79. The maximum atomic E-state index is 10.1. The topological polar surface area (TPSA) is 32.3 Å². The van der Waals surface area contributed by atoms with Gasteiger partial charge < -0.3 is 0 Å². The lowest BCUT2D eigenvalue weighted by molar-refractivity contribution is -0.114. The van der Waals surface area contributed by atoms with E-state index < -0.39 is 0 Å². The van der Waals surface area contributed by atoms with Gasteiger partial charge in [0.15, 0.2) is 0 Å². The summed E-state index contributed by atoms with van der Waals surface area (Å²) in [5.74, 6) is 0.567. The van der Waals surface area contributed by atoms with E-state index >= 15 is 0 Å². The summed E-state index contributed by atoms with van der Waals surface area (Å²) in [6.45, 7) is 6.42. The van der Waals surface area contributed by atoms with Gasteiger partial charge in [0.05, 0.1) is 0 Å². The van der Waals surface area contributed by atoms with Gasteiger partial charge in [-0.2, -0.15) is 0 Å². The first kappa shape index (κ1) is 10.4. The molecule has 0 unspecified atom stereocenters. The normalized spacial score (nSPS) is 13.6. The third-order valence-electron chi connectivity index (χ3n) is 1.94. The molecule has 1 atom stereocenters. The molecule has 11 heavy (non-hydrogen) atoms. The van der Waals surface area contributed by atoms with Crippen molar-refractivity contribution >= 4 is 6.41 Å². The van der Waals surface area contributed by atoms with E-state index in [1.807, 2.05) is 12.1 Å². The van der Waals surface area contributed by atoms with E-state index in [1.54, 1.807) is 0 Å². The van der Waals surface area contributed by atoms with Crippen molar-refractivity contribution in [3.63, 3.8) is 0 Å². The van der Waals surface area contributed by atoms with Crippen molar-refractivity contribution in [2.45, 2.75) is 33.2 Å². The molecule has 3 nitrogen and oxygen atoms in total. The van der Waals surface area contributed by atoms with Crippen molar-refractivity contribution < 1.29 is 4.79 Å². The molecule has 0 aromatic carbocycles. The van der Waals surface area contributed by atoms with Crippen LogP contribution in [0.4, 0.5) is 0 Å². The Morgan fingerprint density at radius 1 is 1.55 bits per heavy atom. The molecule has 0 aliphatic heterocycles. The Morgan fingerprint density at radius 2 is 2.09 bits per heavy atom. The number of rotatable bonds is 5. The predicted molar refractivity (Wildman–Crippen MR) is 45.9 cm³/mol. The van der Waals surface area contributed by atoms with Crippen LogP contribution in [0, 0.1) is 5.92 Å². The highest BCUT2D eigenvalue weighted by Crippen LogP contribution is 2.09. The number of carbonyl (C=O) groups is 1.